The van der Waals surface area contributed by atoms with Crippen LogP contribution in [-0.2, 0) is 0 Å². The van der Waals surface area contributed by atoms with E-state index in [0.29, 0.717) is 17.4 Å². The Kier molecular flexibility index (Phi) is 3.69. The van der Waals surface area contributed by atoms with Gasteiger partial charge in [-0.1, -0.05) is 44.2 Å². The van der Waals surface area contributed by atoms with Gasteiger partial charge in [-0.2, -0.15) is 0 Å². The number of allylic oxidation sites excluding steroid dienone is 2. The molecule has 0 aliphatic heterocycles. The van der Waals surface area contributed by atoms with E-state index in [2.05, 4.69) is 19.9 Å². The van der Waals surface area contributed by atoms with Crippen molar-refractivity contribution in [2.24, 2.45) is 5.41 Å². The van der Waals surface area contributed by atoms with Gasteiger partial charge in [0.05, 0.1) is 0 Å². The molecule has 2 N–H and O–H groups in total. The lowest BCUT2D eigenvalue weighted by Crippen LogP contribution is -2.25. The molecular formula is C20H22O2. The van der Waals surface area contributed by atoms with Crippen molar-refractivity contribution >= 4 is 5.57 Å². The number of rotatable bonds is 2. The Morgan fingerprint density at radius 1 is 0.864 bits per heavy atom. The zero-order valence-corrected chi connectivity index (χ0v) is 13.1. The van der Waals surface area contributed by atoms with Crippen LogP contribution in [0.2, 0.25) is 0 Å². The Morgan fingerprint density at radius 2 is 1.41 bits per heavy atom. The van der Waals surface area contributed by atoms with Gasteiger partial charge in [0, 0.05) is 0 Å². The molecule has 1 aliphatic carbocycles. The van der Waals surface area contributed by atoms with Crippen LogP contribution in [0.3, 0.4) is 0 Å². The molecule has 2 heteroatoms. The van der Waals surface area contributed by atoms with Crippen LogP contribution in [0.25, 0.3) is 5.57 Å². The van der Waals surface area contributed by atoms with Crippen molar-refractivity contribution < 1.29 is 10.2 Å². The summed E-state index contributed by atoms with van der Waals surface area (Å²) >= 11 is 0. The number of benzene rings is 2. The molecule has 3 rings (SSSR count). The lowest BCUT2D eigenvalue weighted by molar-refractivity contribution is 0.281. The van der Waals surface area contributed by atoms with Crippen molar-refractivity contribution in [1.82, 2.24) is 0 Å². The van der Waals surface area contributed by atoms with Crippen LogP contribution < -0.4 is 0 Å². The predicted octanol–water partition coefficient (Wildman–Crippen LogP) is 5.09. The third-order valence-corrected chi connectivity index (χ3v) is 4.78. The van der Waals surface area contributed by atoms with Crippen LogP contribution in [0.4, 0.5) is 0 Å². The Balaban J connectivity index is 1.92. The van der Waals surface area contributed by atoms with Gasteiger partial charge in [0.2, 0.25) is 0 Å². The highest BCUT2D eigenvalue weighted by atomic mass is 16.3. The van der Waals surface area contributed by atoms with Gasteiger partial charge in [-0.15, -0.1) is 0 Å². The lowest BCUT2D eigenvalue weighted by Gasteiger charge is -2.38. The number of aromatic hydroxyl groups is 2. The van der Waals surface area contributed by atoms with E-state index in [1.165, 1.54) is 16.7 Å². The van der Waals surface area contributed by atoms with Gasteiger partial charge in [-0.3, -0.25) is 0 Å². The fourth-order valence-electron chi connectivity index (χ4n) is 3.29. The van der Waals surface area contributed by atoms with Crippen LogP contribution in [0.1, 0.15) is 43.7 Å². The number of hydrogen-bond acceptors (Lipinski definition) is 2. The van der Waals surface area contributed by atoms with E-state index in [9.17, 15) is 10.2 Å². The molecule has 0 saturated carbocycles. The molecule has 0 bridgehead atoms. The number of phenols is 2. The van der Waals surface area contributed by atoms with Crippen LogP contribution in [0.15, 0.2) is 54.6 Å². The van der Waals surface area contributed by atoms with Crippen molar-refractivity contribution in [2.75, 3.05) is 0 Å². The first-order valence-electron chi connectivity index (χ1n) is 7.73. The third kappa shape index (κ3) is 2.87. The van der Waals surface area contributed by atoms with Crippen molar-refractivity contribution in [2.45, 2.75) is 32.6 Å². The zero-order valence-electron chi connectivity index (χ0n) is 13.1. The van der Waals surface area contributed by atoms with E-state index in [1.54, 1.807) is 24.3 Å². The normalized spacial score (nSPS) is 20.5. The Bertz CT molecular complexity index is 679. The summed E-state index contributed by atoms with van der Waals surface area (Å²) in [6.07, 6.45) is 4.32. The summed E-state index contributed by atoms with van der Waals surface area (Å²) in [5.74, 6) is 1.03. The maximum atomic E-state index is 9.51. The molecule has 0 radical (unpaired) electrons. The molecule has 0 aromatic heterocycles. The largest absolute Gasteiger partial charge is 0.508 e. The lowest BCUT2D eigenvalue weighted by atomic mass is 9.66. The van der Waals surface area contributed by atoms with Crippen LogP contribution in [0, 0.1) is 5.41 Å². The van der Waals surface area contributed by atoms with Gasteiger partial charge < -0.3 is 10.2 Å². The van der Waals surface area contributed by atoms with E-state index in [0.717, 1.165) is 12.8 Å². The maximum absolute atomic E-state index is 9.51. The number of hydrogen-bond donors (Lipinski definition) is 2. The van der Waals surface area contributed by atoms with Gasteiger partial charge >= 0.3 is 0 Å². The van der Waals surface area contributed by atoms with Crippen LogP contribution in [0.5, 0.6) is 11.5 Å². The summed E-state index contributed by atoms with van der Waals surface area (Å²) in [5, 5.41) is 19.0. The fourth-order valence-corrected chi connectivity index (χ4v) is 3.29. The minimum Gasteiger partial charge on any atom is -0.508 e. The van der Waals surface area contributed by atoms with Gasteiger partial charge in [-0.05, 0) is 65.1 Å². The minimum absolute atomic E-state index is 0.192. The average Bonchev–Trinajstić information content (AvgIpc) is 2.49. The zero-order chi connectivity index (χ0) is 15.7. The summed E-state index contributed by atoms with van der Waals surface area (Å²) in [6.45, 7) is 4.60. The first-order chi connectivity index (χ1) is 10.5. The Hall–Kier alpha value is -2.22. The molecule has 1 aliphatic rings. The van der Waals surface area contributed by atoms with Gasteiger partial charge in [0.25, 0.3) is 0 Å². The molecule has 2 aromatic carbocycles. The smallest absolute Gasteiger partial charge is 0.115 e. The van der Waals surface area contributed by atoms with Crippen LogP contribution >= 0.6 is 0 Å². The standard InChI is InChI=1S/C20H22O2/c1-20(2)12-11-16(14-3-7-17(21)8-4-14)13-19(20)15-5-9-18(22)10-6-15/h3-11,19,21-22H,12-13H2,1-2H3. The van der Waals surface area contributed by atoms with E-state index in [1.807, 2.05) is 24.3 Å². The molecule has 0 amide bonds. The highest BCUT2D eigenvalue weighted by Gasteiger charge is 2.34. The second kappa shape index (κ2) is 5.53. The molecule has 114 valence electrons. The maximum Gasteiger partial charge on any atom is 0.115 e. The van der Waals surface area contributed by atoms with E-state index >= 15 is 0 Å². The topological polar surface area (TPSA) is 40.5 Å². The van der Waals surface area contributed by atoms with Gasteiger partial charge in [0.15, 0.2) is 0 Å². The van der Waals surface area contributed by atoms with E-state index in [4.69, 9.17) is 0 Å². The molecule has 0 fully saturated rings. The molecule has 22 heavy (non-hydrogen) atoms. The van der Waals surface area contributed by atoms with E-state index in [-0.39, 0.29) is 5.41 Å². The summed E-state index contributed by atoms with van der Waals surface area (Å²) in [7, 11) is 0. The van der Waals surface area contributed by atoms with Gasteiger partial charge in [-0.25, -0.2) is 0 Å². The molecule has 0 heterocycles. The Labute approximate surface area is 131 Å². The van der Waals surface area contributed by atoms with E-state index < -0.39 is 0 Å². The highest BCUT2D eigenvalue weighted by molar-refractivity contribution is 5.68. The summed E-state index contributed by atoms with van der Waals surface area (Å²) < 4.78 is 0. The minimum atomic E-state index is 0.192. The molecule has 1 atom stereocenters. The fraction of sp³-hybridized carbons (Fsp3) is 0.300. The molecule has 0 saturated heterocycles. The van der Waals surface area contributed by atoms with Crippen molar-refractivity contribution in [1.29, 1.82) is 0 Å². The first-order valence-corrected chi connectivity index (χ1v) is 7.73. The van der Waals surface area contributed by atoms with Gasteiger partial charge in [0.1, 0.15) is 11.5 Å². The third-order valence-electron chi connectivity index (χ3n) is 4.78. The number of phenolic OH excluding ortho intramolecular Hbond substituents is 2. The monoisotopic (exact) mass is 294 g/mol. The summed E-state index contributed by atoms with van der Waals surface area (Å²) in [4.78, 5) is 0. The summed E-state index contributed by atoms with van der Waals surface area (Å²) in [6, 6.07) is 15.0. The van der Waals surface area contributed by atoms with Crippen molar-refractivity contribution in [3.05, 3.63) is 65.7 Å². The Morgan fingerprint density at radius 3 is 2.00 bits per heavy atom. The summed E-state index contributed by atoms with van der Waals surface area (Å²) in [5.41, 5.74) is 3.97. The van der Waals surface area contributed by atoms with Crippen LogP contribution in [-0.4, -0.2) is 10.2 Å². The SMILES string of the molecule is CC1(C)CC=C(c2ccc(O)cc2)CC1c1ccc(O)cc1. The highest BCUT2D eigenvalue weighted by Crippen LogP contribution is 2.48. The first kappa shape index (κ1) is 14.7. The molecule has 2 nitrogen and oxygen atoms in total. The predicted molar refractivity (Wildman–Crippen MR) is 89.9 cm³/mol. The molecular weight excluding hydrogens is 272 g/mol. The quantitative estimate of drug-likeness (QED) is 0.810. The average molecular weight is 294 g/mol. The second-order valence-electron chi connectivity index (χ2n) is 6.82. The van der Waals surface area contributed by atoms with Crippen molar-refractivity contribution in [3.63, 3.8) is 0 Å². The second-order valence-corrected chi connectivity index (χ2v) is 6.82. The molecule has 2 aromatic rings. The van der Waals surface area contributed by atoms with Crippen molar-refractivity contribution in [3.8, 4) is 11.5 Å². The molecule has 0 spiro atoms. The molecule has 1 unspecified atom stereocenters.